The highest BCUT2D eigenvalue weighted by molar-refractivity contribution is 5.69. The van der Waals surface area contributed by atoms with E-state index in [-0.39, 0.29) is 18.2 Å². The zero-order valence-electron chi connectivity index (χ0n) is 13.6. The fourth-order valence-electron chi connectivity index (χ4n) is 4.34. The van der Waals surface area contributed by atoms with Crippen molar-refractivity contribution >= 4 is 6.09 Å². The molecule has 2 saturated heterocycles. The van der Waals surface area contributed by atoms with Gasteiger partial charge in [0.2, 0.25) is 0 Å². The zero-order valence-corrected chi connectivity index (χ0v) is 13.6. The van der Waals surface area contributed by atoms with Gasteiger partial charge in [-0.05, 0) is 58.8 Å². The molecule has 2 bridgehead atoms. The van der Waals surface area contributed by atoms with Crippen LogP contribution in [0.4, 0.5) is 4.79 Å². The molecule has 1 saturated carbocycles. The molecular weight excluding hydrogens is 266 g/mol. The molecule has 3 fully saturated rings. The van der Waals surface area contributed by atoms with Crippen LogP contribution in [0.1, 0.15) is 72.1 Å². The molecule has 0 aromatic rings. The third-order valence-electron chi connectivity index (χ3n) is 5.35. The quantitative estimate of drug-likeness (QED) is 0.848. The number of amides is 1. The van der Waals surface area contributed by atoms with Crippen LogP contribution in [0.5, 0.6) is 0 Å². The zero-order chi connectivity index (χ0) is 15.3. The summed E-state index contributed by atoms with van der Waals surface area (Å²) < 4.78 is 5.54. The first-order chi connectivity index (χ1) is 9.76. The third kappa shape index (κ3) is 3.20. The largest absolute Gasteiger partial charge is 0.444 e. The van der Waals surface area contributed by atoms with E-state index in [4.69, 9.17) is 4.74 Å². The van der Waals surface area contributed by atoms with Crippen molar-refractivity contribution in [2.75, 3.05) is 0 Å². The van der Waals surface area contributed by atoms with E-state index in [9.17, 15) is 9.90 Å². The van der Waals surface area contributed by atoms with Gasteiger partial charge in [0.05, 0.1) is 5.60 Å². The number of ether oxygens (including phenoxy) is 1. The number of aliphatic hydroxyl groups is 1. The Kier molecular flexibility index (Phi) is 3.71. The number of carbonyl (C=O) groups is 1. The minimum absolute atomic E-state index is 0.170. The van der Waals surface area contributed by atoms with E-state index in [0.717, 1.165) is 32.1 Å². The molecule has 3 aliphatic rings. The smallest absolute Gasteiger partial charge is 0.410 e. The Morgan fingerprint density at radius 3 is 2.19 bits per heavy atom. The highest BCUT2D eigenvalue weighted by Gasteiger charge is 2.51. The first-order valence-electron chi connectivity index (χ1n) is 8.49. The lowest BCUT2D eigenvalue weighted by atomic mass is 9.73. The van der Waals surface area contributed by atoms with Crippen LogP contribution >= 0.6 is 0 Å². The maximum atomic E-state index is 12.4. The van der Waals surface area contributed by atoms with Crippen molar-refractivity contribution in [1.82, 2.24) is 4.90 Å². The van der Waals surface area contributed by atoms with Crippen molar-refractivity contribution in [3.05, 3.63) is 0 Å². The number of carbonyl (C=O) groups excluding carboxylic acids is 1. The number of fused-ring (bicyclic) bond motifs is 2. The van der Waals surface area contributed by atoms with Gasteiger partial charge < -0.3 is 14.7 Å². The number of hydrogen-bond acceptors (Lipinski definition) is 3. The van der Waals surface area contributed by atoms with E-state index in [1.165, 1.54) is 19.3 Å². The van der Waals surface area contributed by atoms with Crippen molar-refractivity contribution in [2.24, 2.45) is 5.92 Å². The van der Waals surface area contributed by atoms with E-state index in [1.54, 1.807) is 0 Å². The minimum atomic E-state index is -0.546. The van der Waals surface area contributed by atoms with Gasteiger partial charge in [-0.1, -0.05) is 19.3 Å². The molecule has 0 aromatic heterocycles. The molecule has 2 atom stereocenters. The molecule has 1 N–H and O–H groups in total. The summed E-state index contributed by atoms with van der Waals surface area (Å²) in [6.45, 7) is 5.72. The van der Waals surface area contributed by atoms with Crippen molar-refractivity contribution < 1.29 is 14.6 Å². The van der Waals surface area contributed by atoms with Crippen molar-refractivity contribution in [2.45, 2.75) is 95.4 Å². The lowest BCUT2D eigenvalue weighted by Gasteiger charge is -2.46. The van der Waals surface area contributed by atoms with Crippen LogP contribution in [0.3, 0.4) is 0 Å². The Balaban J connectivity index is 1.64. The van der Waals surface area contributed by atoms with Crippen LogP contribution in [-0.4, -0.2) is 39.4 Å². The Morgan fingerprint density at radius 1 is 1.19 bits per heavy atom. The fourth-order valence-corrected chi connectivity index (χ4v) is 4.34. The van der Waals surface area contributed by atoms with E-state index in [2.05, 4.69) is 0 Å². The molecule has 2 heterocycles. The molecule has 1 aliphatic carbocycles. The Labute approximate surface area is 127 Å². The van der Waals surface area contributed by atoms with Gasteiger partial charge in [0.25, 0.3) is 0 Å². The van der Waals surface area contributed by atoms with Crippen LogP contribution in [0.25, 0.3) is 0 Å². The molecule has 2 aliphatic heterocycles. The maximum Gasteiger partial charge on any atom is 0.410 e. The highest BCUT2D eigenvalue weighted by Crippen LogP contribution is 2.46. The summed E-state index contributed by atoms with van der Waals surface area (Å²) in [7, 11) is 0. The monoisotopic (exact) mass is 295 g/mol. The summed E-state index contributed by atoms with van der Waals surface area (Å²) in [6, 6.07) is 0.340. The number of rotatable bonds is 2. The van der Waals surface area contributed by atoms with Gasteiger partial charge in [0.1, 0.15) is 5.60 Å². The Hall–Kier alpha value is -0.770. The predicted molar refractivity (Wildman–Crippen MR) is 81.0 cm³/mol. The summed E-state index contributed by atoms with van der Waals surface area (Å²) in [5, 5.41) is 10.9. The van der Waals surface area contributed by atoms with Gasteiger partial charge in [-0.3, -0.25) is 0 Å². The number of hydrogen-bond donors (Lipinski definition) is 1. The first kappa shape index (κ1) is 15.1. The normalized spacial score (nSPS) is 36.5. The molecule has 3 rings (SSSR count). The summed E-state index contributed by atoms with van der Waals surface area (Å²) in [4.78, 5) is 14.3. The standard InChI is InChI=1S/C17H29NO3/c1-16(2,3)21-15(19)18-13-7-8-14(18)11-17(20,10-13)9-12-5-4-6-12/h12-14,20H,4-11H2,1-3H3. The average molecular weight is 295 g/mol. The fraction of sp³-hybridized carbons (Fsp3) is 0.941. The van der Waals surface area contributed by atoms with Crippen molar-refractivity contribution in [3.63, 3.8) is 0 Å². The Bertz CT molecular complexity index is 397. The van der Waals surface area contributed by atoms with Gasteiger partial charge >= 0.3 is 6.09 Å². The second-order valence-corrected chi connectivity index (χ2v) is 8.41. The van der Waals surface area contributed by atoms with Crippen LogP contribution in [0, 0.1) is 5.92 Å². The van der Waals surface area contributed by atoms with Crippen LogP contribution in [0.15, 0.2) is 0 Å². The molecule has 0 spiro atoms. The van der Waals surface area contributed by atoms with Gasteiger partial charge in [-0.15, -0.1) is 0 Å². The van der Waals surface area contributed by atoms with E-state index in [1.807, 2.05) is 25.7 Å². The third-order valence-corrected chi connectivity index (χ3v) is 5.35. The van der Waals surface area contributed by atoms with E-state index in [0.29, 0.717) is 5.92 Å². The van der Waals surface area contributed by atoms with Crippen LogP contribution in [0.2, 0.25) is 0 Å². The highest BCUT2D eigenvalue weighted by atomic mass is 16.6. The van der Waals surface area contributed by atoms with Gasteiger partial charge in [0.15, 0.2) is 0 Å². The molecule has 0 radical (unpaired) electrons. The van der Waals surface area contributed by atoms with Crippen LogP contribution in [-0.2, 0) is 4.74 Å². The van der Waals surface area contributed by atoms with Crippen LogP contribution < -0.4 is 0 Å². The molecule has 21 heavy (non-hydrogen) atoms. The molecule has 0 aromatic carbocycles. The lowest BCUT2D eigenvalue weighted by molar-refractivity contribution is -0.0751. The molecule has 1 amide bonds. The van der Waals surface area contributed by atoms with Gasteiger partial charge in [-0.2, -0.15) is 0 Å². The summed E-state index contributed by atoms with van der Waals surface area (Å²) in [6.07, 6.45) is 8.09. The average Bonchev–Trinajstić information content (AvgIpc) is 2.56. The van der Waals surface area contributed by atoms with E-state index < -0.39 is 11.2 Å². The number of piperidine rings is 1. The second kappa shape index (κ2) is 5.15. The first-order valence-corrected chi connectivity index (χ1v) is 8.49. The lowest BCUT2D eigenvalue weighted by Crippen LogP contribution is -2.54. The van der Waals surface area contributed by atoms with Gasteiger partial charge in [0, 0.05) is 12.1 Å². The molecule has 4 heteroatoms. The molecule has 4 nitrogen and oxygen atoms in total. The van der Waals surface area contributed by atoms with E-state index >= 15 is 0 Å². The second-order valence-electron chi connectivity index (χ2n) is 8.41. The SMILES string of the molecule is CC(C)(C)OC(=O)N1C2CCC1CC(O)(CC1CCC1)C2. The van der Waals surface area contributed by atoms with Gasteiger partial charge in [-0.25, -0.2) is 4.79 Å². The van der Waals surface area contributed by atoms with Crippen molar-refractivity contribution in [1.29, 1.82) is 0 Å². The summed E-state index contributed by atoms with van der Waals surface area (Å²) in [5.74, 6) is 0.711. The molecule has 2 unspecified atom stereocenters. The molecule has 120 valence electrons. The number of nitrogens with zero attached hydrogens (tertiary/aromatic N) is 1. The summed E-state index contributed by atoms with van der Waals surface area (Å²) >= 11 is 0. The van der Waals surface area contributed by atoms with Crippen molar-refractivity contribution in [3.8, 4) is 0 Å². The predicted octanol–water partition coefficient (Wildman–Crippen LogP) is 3.47. The molecular formula is C17H29NO3. The maximum absolute atomic E-state index is 12.4. The minimum Gasteiger partial charge on any atom is -0.444 e. The summed E-state index contributed by atoms with van der Waals surface area (Å²) in [5.41, 5.74) is -0.994. The topological polar surface area (TPSA) is 49.8 Å². The Morgan fingerprint density at radius 2 is 1.76 bits per heavy atom.